The second kappa shape index (κ2) is 19.5. The van der Waals surface area contributed by atoms with Crippen molar-refractivity contribution in [3.63, 3.8) is 0 Å². The Morgan fingerprint density at radius 2 is 1.61 bits per heavy atom. The van der Waals surface area contributed by atoms with Crippen LogP contribution in [-0.2, 0) is 4.79 Å². The molecule has 3 unspecified atom stereocenters. The van der Waals surface area contributed by atoms with Crippen LogP contribution in [-0.4, -0.2) is 18.0 Å². The molecule has 1 rings (SSSR count). The van der Waals surface area contributed by atoms with E-state index in [-0.39, 0.29) is 5.91 Å². The quantitative estimate of drug-likeness (QED) is 0.712. The molecule has 1 saturated carbocycles. The number of hydrogen-bond acceptors (Lipinski definition) is 2. The Morgan fingerprint density at radius 1 is 1.13 bits per heavy atom. The fourth-order valence-corrected chi connectivity index (χ4v) is 2.49. The van der Waals surface area contributed by atoms with E-state index in [0.717, 1.165) is 18.8 Å². The highest BCUT2D eigenvalue weighted by molar-refractivity contribution is 5.73. The summed E-state index contributed by atoms with van der Waals surface area (Å²) in [6.45, 7) is 18.2. The van der Waals surface area contributed by atoms with Gasteiger partial charge in [-0.1, -0.05) is 74.7 Å². The van der Waals surface area contributed by atoms with Gasteiger partial charge in [0.15, 0.2) is 0 Å². The van der Waals surface area contributed by atoms with Crippen LogP contribution in [0.2, 0.25) is 0 Å². The molecular formula is C20H46N2O. The minimum absolute atomic E-state index is 0.0807. The molecule has 0 saturated heterocycles. The van der Waals surface area contributed by atoms with E-state index in [1.807, 2.05) is 27.7 Å². The summed E-state index contributed by atoms with van der Waals surface area (Å²) in [6, 6.07) is 0.862. The zero-order valence-corrected chi connectivity index (χ0v) is 17.5. The Morgan fingerprint density at radius 3 is 1.87 bits per heavy atom. The minimum atomic E-state index is 0.0807. The third kappa shape index (κ3) is 17.6. The minimum Gasteiger partial charge on any atom is -0.353 e. The van der Waals surface area contributed by atoms with Gasteiger partial charge in [0.05, 0.1) is 0 Å². The van der Waals surface area contributed by atoms with Gasteiger partial charge in [-0.3, -0.25) is 4.79 Å². The molecule has 0 aromatic rings. The van der Waals surface area contributed by atoms with E-state index in [1.165, 1.54) is 25.7 Å². The summed E-state index contributed by atoms with van der Waals surface area (Å²) in [5.41, 5.74) is 5.78. The molecule has 3 atom stereocenters. The highest BCUT2D eigenvalue weighted by Gasteiger charge is 2.16. The Bertz CT molecular complexity index is 232. The van der Waals surface area contributed by atoms with Gasteiger partial charge in [0.2, 0.25) is 5.91 Å². The van der Waals surface area contributed by atoms with E-state index < -0.39 is 0 Å². The average molecular weight is 331 g/mol. The molecule has 1 aliphatic carbocycles. The first-order chi connectivity index (χ1) is 10.9. The molecule has 23 heavy (non-hydrogen) atoms. The molecule has 0 spiro atoms. The van der Waals surface area contributed by atoms with Gasteiger partial charge in [-0.25, -0.2) is 0 Å². The van der Waals surface area contributed by atoms with E-state index in [1.54, 1.807) is 6.92 Å². The van der Waals surface area contributed by atoms with E-state index in [9.17, 15) is 4.79 Å². The third-order valence-corrected chi connectivity index (χ3v) is 3.97. The Hall–Kier alpha value is -0.570. The van der Waals surface area contributed by atoms with Crippen LogP contribution in [0.3, 0.4) is 0 Å². The Labute approximate surface area is 147 Å². The van der Waals surface area contributed by atoms with Crippen LogP contribution in [0, 0.1) is 11.8 Å². The fourth-order valence-electron chi connectivity index (χ4n) is 2.49. The molecule has 1 aliphatic rings. The van der Waals surface area contributed by atoms with Crippen molar-refractivity contribution in [3.8, 4) is 0 Å². The van der Waals surface area contributed by atoms with Gasteiger partial charge in [-0.2, -0.15) is 0 Å². The Kier molecular flexibility index (Phi) is 23.1. The van der Waals surface area contributed by atoms with Crippen molar-refractivity contribution >= 4 is 5.91 Å². The second-order valence-corrected chi connectivity index (χ2v) is 6.27. The summed E-state index contributed by atoms with van der Waals surface area (Å²) in [5.74, 6) is 1.40. The molecule has 3 heteroatoms. The molecule has 3 nitrogen and oxygen atoms in total. The number of hydrogen-bond donors (Lipinski definition) is 2. The SMILES string of the molecule is CC.CC.CC1CCCCC1N.CCCC(NC(C)=O)C(C)C. The first-order valence-corrected chi connectivity index (χ1v) is 9.91. The summed E-state index contributed by atoms with van der Waals surface area (Å²) in [5, 5.41) is 2.94. The molecule has 0 radical (unpaired) electrons. The lowest BCUT2D eigenvalue weighted by molar-refractivity contribution is -0.120. The van der Waals surface area contributed by atoms with Crippen LogP contribution in [0.5, 0.6) is 0 Å². The molecule has 0 aromatic heterocycles. The highest BCUT2D eigenvalue weighted by Crippen LogP contribution is 2.21. The molecule has 0 heterocycles. The summed E-state index contributed by atoms with van der Waals surface area (Å²) >= 11 is 0. The first kappa shape index (κ1) is 27.3. The van der Waals surface area contributed by atoms with Crippen LogP contribution in [0.1, 0.15) is 101 Å². The monoisotopic (exact) mass is 330 g/mol. The van der Waals surface area contributed by atoms with Crippen molar-refractivity contribution in [1.29, 1.82) is 0 Å². The van der Waals surface area contributed by atoms with Gasteiger partial charge in [-0.15, -0.1) is 0 Å². The number of carbonyl (C=O) groups is 1. The average Bonchev–Trinajstić information content (AvgIpc) is 2.54. The van der Waals surface area contributed by atoms with Crippen LogP contribution < -0.4 is 11.1 Å². The van der Waals surface area contributed by atoms with E-state index in [2.05, 4.69) is 33.0 Å². The van der Waals surface area contributed by atoms with Gasteiger partial charge in [0.1, 0.15) is 0 Å². The van der Waals surface area contributed by atoms with Crippen molar-refractivity contribution < 1.29 is 4.79 Å². The van der Waals surface area contributed by atoms with Crippen molar-refractivity contribution in [3.05, 3.63) is 0 Å². The maximum Gasteiger partial charge on any atom is 0.217 e. The summed E-state index contributed by atoms with van der Waals surface area (Å²) in [4.78, 5) is 10.7. The number of amides is 1. The number of nitrogens with one attached hydrogen (secondary N) is 1. The zero-order valence-electron chi connectivity index (χ0n) is 17.5. The number of rotatable bonds is 4. The largest absolute Gasteiger partial charge is 0.353 e. The van der Waals surface area contributed by atoms with Crippen molar-refractivity contribution in [2.75, 3.05) is 0 Å². The maximum atomic E-state index is 10.7. The lowest BCUT2D eigenvalue weighted by Crippen LogP contribution is -2.36. The number of nitrogens with two attached hydrogens (primary N) is 1. The lowest BCUT2D eigenvalue weighted by atomic mass is 9.87. The smallest absolute Gasteiger partial charge is 0.217 e. The van der Waals surface area contributed by atoms with Crippen molar-refractivity contribution in [1.82, 2.24) is 5.32 Å². The van der Waals surface area contributed by atoms with Crippen molar-refractivity contribution in [2.45, 2.75) is 113 Å². The van der Waals surface area contributed by atoms with Crippen LogP contribution in [0.25, 0.3) is 0 Å². The van der Waals surface area contributed by atoms with Gasteiger partial charge in [-0.05, 0) is 31.1 Å². The zero-order chi connectivity index (χ0) is 18.8. The van der Waals surface area contributed by atoms with Crippen LogP contribution in [0.4, 0.5) is 0 Å². The fraction of sp³-hybridized carbons (Fsp3) is 0.950. The normalized spacial score (nSPS) is 20.7. The standard InChI is InChI=1S/C9H19NO.C7H15N.2C2H6/c1-5-6-9(7(2)3)10-8(4)11;1-6-4-2-3-5-7(6)8;2*1-2/h7,9H,5-6H2,1-4H3,(H,10,11);6-7H,2-5,8H2,1H3;2*1-2H3. The molecule has 0 aromatic carbocycles. The van der Waals surface area contributed by atoms with Gasteiger partial charge >= 0.3 is 0 Å². The number of carbonyl (C=O) groups excluding carboxylic acids is 1. The first-order valence-electron chi connectivity index (χ1n) is 9.91. The molecule has 1 amide bonds. The lowest BCUT2D eigenvalue weighted by Gasteiger charge is -2.24. The summed E-state index contributed by atoms with van der Waals surface area (Å²) in [7, 11) is 0. The van der Waals surface area contributed by atoms with Gasteiger partial charge in [0.25, 0.3) is 0 Å². The highest BCUT2D eigenvalue weighted by atomic mass is 16.1. The van der Waals surface area contributed by atoms with Crippen LogP contribution >= 0.6 is 0 Å². The Balaban J connectivity index is -0.000000292. The van der Waals surface area contributed by atoms with Crippen molar-refractivity contribution in [2.24, 2.45) is 17.6 Å². The van der Waals surface area contributed by atoms with Crippen LogP contribution in [0.15, 0.2) is 0 Å². The van der Waals surface area contributed by atoms with E-state index in [4.69, 9.17) is 5.73 Å². The summed E-state index contributed by atoms with van der Waals surface area (Å²) in [6.07, 6.45) is 7.56. The van der Waals surface area contributed by atoms with Gasteiger partial charge in [0, 0.05) is 19.0 Å². The molecule has 3 N–H and O–H groups in total. The molecular weight excluding hydrogens is 284 g/mol. The molecule has 1 fully saturated rings. The topological polar surface area (TPSA) is 55.1 Å². The summed E-state index contributed by atoms with van der Waals surface area (Å²) < 4.78 is 0. The maximum absolute atomic E-state index is 10.7. The van der Waals surface area contributed by atoms with E-state index >= 15 is 0 Å². The molecule has 0 aliphatic heterocycles. The third-order valence-electron chi connectivity index (χ3n) is 3.97. The van der Waals surface area contributed by atoms with E-state index in [0.29, 0.717) is 18.0 Å². The predicted octanol–water partition coefficient (Wildman–Crippen LogP) is 5.52. The predicted molar refractivity (Wildman–Crippen MR) is 106 cm³/mol. The second-order valence-electron chi connectivity index (χ2n) is 6.27. The molecule has 142 valence electrons. The van der Waals surface area contributed by atoms with Gasteiger partial charge < -0.3 is 11.1 Å². The molecule has 0 bridgehead atoms.